The summed E-state index contributed by atoms with van der Waals surface area (Å²) in [6.07, 6.45) is 2.77. The quantitative estimate of drug-likeness (QED) is 0.830. The summed E-state index contributed by atoms with van der Waals surface area (Å²) in [5.41, 5.74) is 0.622. The molecular formula is C15H16FN3O3. The van der Waals surface area contributed by atoms with Crippen LogP contribution in [0.3, 0.4) is 0 Å². The number of hydrogen-bond acceptors (Lipinski definition) is 4. The molecule has 0 radical (unpaired) electrons. The van der Waals surface area contributed by atoms with E-state index in [1.54, 1.807) is 13.0 Å². The van der Waals surface area contributed by atoms with Crippen LogP contribution in [0.2, 0.25) is 0 Å². The number of anilines is 1. The van der Waals surface area contributed by atoms with Crippen molar-refractivity contribution in [2.75, 3.05) is 18.1 Å². The molecule has 0 bridgehead atoms. The fourth-order valence-electron chi connectivity index (χ4n) is 1.95. The molecule has 1 amide bonds. The number of hydrogen-bond donors (Lipinski definition) is 1. The number of nitrogens with one attached hydrogen (secondary N) is 1. The van der Waals surface area contributed by atoms with Gasteiger partial charge in [-0.1, -0.05) is 6.07 Å². The van der Waals surface area contributed by atoms with Gasteiger partial charge in [0, 0.05) is 12.2 Å². The summed E-state index contributed by atoms with van der Waals surface area (Å²) in [5, 5.41) is 0. The van der Waals surface area contributed by atoms with E-state index in [1.165, 1.54) is 35.6 Å². The highest BCUT2D eigenvalue weighted by molar-refractivity contribution is 6.04. The average molecular weight is 305 g/mol. The lowest BCUT2D eigenvalue weighted by Crippen LogP contribution is -2.33. The number of carbonyl (C=O) groups is 2. The predicted octanol–water partition coefficient (Wildman–Crippen LogP) is 2.15. The summed E-state index contributed by atoms with van der Waals surface area (Å²) < 4.78 is 18.3. The van der Waals surface area contributed by atoms with Crippen molar-refractivity contribution in [3.63, 3.8) is 0 Å². The van der Waals surface area contributed by atoms with Crippen LogP contribution in [-0.4, -0.2) is 35.0 Å². The van der Waals surface area contributed by atoms with E-state index in [0.29, 0.717) is 5.69 Å². The number of amides is 1. The second-order valence-electron chi connectivity index (χ2n) is 4.46. The third kappa shape index (κ3) is 3.91. The molecule has 0 unspecified atom stereocenters. The predicted molar refractivity (Wildman–Crippen MR) is 77.9 cm³/mol. The van der Waals surface area contributed by atoms with Gasteiger partial charge in [-0.3, -0.25) is 9.59 Å². The zero-order valence-electron chi connectivity index (χ0n) is 12.1. The Bertz CT molecular complexity index is 643. The Labute approximate surface area is 126 Å². The van der Waals surface area contributed by atoms with Crippen molar-refractivity contribution in [1.29, 1.82) is 0 Å². The van der Waals surface area contributed by atoms with Crippen molar-refractivity contribution in [2.24, 2.45) is 0 Å². The van der Waals surface area contributed by atoms with Crippen LogP contribution in [0, 0.1) is 5.82 Å². The molecule has 1 heterocycles. The van der Waals surface area contributed by atoms with Crippen molar-refractivity contribution in [3.8, 4) is 0 Å². The van der Waals surface area contributed by atoms with E-state index in [0.717, 1.165) is 0 Å². The summed E-state index contributed by atoms with van der Waals surface area (Å²) in [6.45, 7) is 2.06. The maximum atomic E-state index is 13.4. The van der Waals surface area contributed by atoms with Crippen LogP contribution in [0.5, 0.6) is 0 Å². The number of aromatic nitrogens is 2. The topological polar surface area (TPSA) is 75.3 Å². The second-order valence-corrected chi connectivity index (χ2v) is 4.46. The largest absolute Gasteiger partial charge is 0.466 e. The van der Waals surface area contributed by atoms with Gasteiger partial charge in [0.05, 0.1) is 25.6 Å². The highest BCUT2D eigenvalue weighted by atomic mass is 19.1. The van der Waals surface area contributed by atoms with Crippen LogP contribution in [0.4, 0.5) is 10.1 Å². The number of H-pyrrole nitrogens is 1. The number of rotatable bonds is 6. The lowest BCUT2D eigenvalue weighted by atomic mass is 10.2. The molecule has 7 heteroatoms. The molecule has 1 aromatic heterocycles. The highest BCUT2D eigenvalue weighted by Gasteiger charge is 2.20. The molecule has 0 aliphatic rings. The Balaban J connectivity index is 2.20. The minimum Gasteiger partial charge on any atom is -0.466 e. The summed E-state index contributed by atoms with van der Waals surface area (Å²) in [7, 11) is 0. The molecule has 2 aromatic rings. The van der Waals surface area contributed by atoms with Gasteiger partial charge in [0.25, 0.3) is 5.91 Å². The summed E-state index contributed by atoms with van der Waals surface area (Å²) in [4.78, 5) is 31.8. The van der Waals surface area contributed by atoms with Gasteiger partial charge in [-0.05, 0) is 25.1 Å². The Kier molecular flexibility index (Phi) is 5.24. The van der Waals surface area contributed by atoms with Crippen LogP contribution in [0.1, 0.15) is 23.8 Å². The van der Waals surface area contributed by atoms with Gasteiger partial charge in [-0.15, -0.1) is 0 Å². The van der Waals surface area contributed by atoms with E-state index in [4.69, 9.17) is 4.74 Å². The van der Waals surface area contributed by atoms with Crippen LogP contribution >= 0.6 is 0 Å². The number of carbonyl (C=O) groups excluding carboxylic acids is 2. The maximum Gasteiger partial charge on any atom is 0.307 e. The van der Waals surface area contributed by atoms with Crippen molar-refractivity contribution in [3.05, 3.63) is 48.3 Å². The first kappa shape index (κ1) is 15.7. The van der Waals surface area contributed by atoms with E-state index in [-0.39, 0.29) is 25.3 Å². The van der Waals surface area contributed by atoms with Gasteiger partial charge < -0.3 is 14.6 Å². The molecule has 2 rings (SSSR count). The molecule has 22 heavy (non-hydrogen) atoms. The molecule has 0 saturated carbocycles. The molecule has 0 fully saturated rings. The number of halogens is 1. The van der Waals surface area contributed by atoms with Crippen molar-refractivity contribution in [1.82, 2.24) is 9.97 Å². The van der Waals surface area contributed by atoms with Gasteiger partial charge in [-0.2, -0.15) is 0 Å². The Morgan fingerprint density at radius 1 is 1.41 bits per heavy atom. The SMILES string of the molecule is CCOC(=O)CCN(C(=O)c1cnc[nH]1)c1cccc(F)c1. The molecular weight excluding hydrogens is 289 g/mol. The van der Waals surface area contributed by atoms with Gasteiger partial charge in [0.1, 0.15) is 11.5 Å². The Hall–Kier alpha value is -2.70. The van der Waals surface area contributed by atoms with Gasteiger partial charge in [0.15, 0.2) is 0 Å². The fraction of sp³-hybridized carbons (Fsp3) is 0.267. The lowest BCUT2D eigenvalue weighted by Gasteiger charge is -2.21. The summed E-state index contributed by atoms with van der Waals surface area (Å²) >= 11 is 0. The molecule has 0 atom stereocenters. The molecule has 0 aliphatic carbocycles. The number of nitrogens with zero attached hydrogens (tertiary/aromatic N) is 2. The molecule has 0 spiro atoms. The van der Waals surface area contributed by atoms with E-state index >= 15 is 0 Å². The van der Waals surface area contributed by atoms with Crippen molar-refractivity contribution in [2.45, 2.75) is 13.3 Å². The zero-order valence-corrected chi connectivity index (χ0v) is 12.1. The van der Waals surface area contributed by atoms with Gasteiger partial charge >= 0.3 is 5.97 Å². The average Bonchev–Trinajstić information content (AvgIpc) is 3.02. The molecule has 0 aliphatic heterocycles. The summed E-state index contributed by atoms with van der Waals surface area (Å²) in [6, 6.07) is 5.62. The van der Waals surface area contributed by atoms with E-state index in [1.807, 2.05) is 0 Å². The van der Waals surface area contributed by atoms with Crippen LogP contribution in [-0.2, 0) is 9.53 Å². The standard InChI is InChI=1S/C15H16FN3O3/c1-2-22-14(20)6-7-19(12-5-3-4-11(16)8-12)15(21)13-9-17-10-18-13/h3-5,8-10H,2,6-7H2,1H3,(H,17,18). The monoisotopic (exact) mass is 305 g/mol. The van der Waals surface area contributed by atoms with Gasteiger partial charge in [0.2, 0.25) is 0 Å². The minimum atomic E-state index is -0.462. The number of esters is 1. The third-order valence-corrected chi connectivity index (χ3v) is 2.94. The molecule has 6 nitrogen and oxygen atoms in total. The van der Waals surface area contributed by atoms with E-state index in [2.05, 4.69) is 9.97 Å². The number of ether oxygens (including phenoxy) is 1. The van der Waals surface area contributed by atoms with Crippen molar-refractivity contribution >= 4 is 17.6 Å². The Morgan fingerprint density at radius 2 is 2.23 bits per heavy atom. The first-order valence-corrected chi connectivity index (χ1v) is 6.83. The normalized spacial score (nSPS) is 10.3. The molecule has 116 valence electrons. The fourth-order valence-corrected chi connectivity index (χ4v) is 1.95. The van der Waals surface area contributed by atoms with E-state index < -0.39 is 17.7 Å². The van der Waals surface area contributed by atoms with Gasteiger partial charge in [-0.25, -0.2) is 9.37 Å². The van der Waals surface area contributed by atoms with E-state index in [9.17, 15) is 14.0 Å². The van der Waals surface area contributed by atoms with Crippen LogP contribution < -0.4 is 4.90 Å². The molecule has 0 saturated heterocycles. The lowest BCUT2D eigenvalue weighted by molar-refractivity contribution is -0.142. The third-order valence-electron chi connectivity index (χ3n) is 2.94. The highest BCUT2D eigenvalue weighted by Crippen LogP contribution is 2.18. The maximum absolute atomic E-state index is 13.4. The number of imidazole rings is 1. The first-order valence-electron chi connectivity index (χ1n) is 6.83. The zero-order chi connectivity index (χ0) is 15.9. The molecule has 1 N–H and O–H groups in total. The molecule has 1 aromatic carbocycles. The Morgan fingerprint density at radius 3 is 2.86 bits per heavy atom. The summed E-state index contributed by atoms with van der Waals surface area (Å²) in [5.74, 6) is -1.27. The van der Waals surface area contributed by atoms with Crippen LogP contribution in [0.15, 0.2) is 36.8 Å². The van der Waals surface area contributed by atoms with Crippen molar-refractivity contribution < 1.29 is 18.7 Å². The minimum absolute atomic E-state index is 0.0181. The first-order chi connectivity index (χ1) is 10.6. The number of benzene rings is 1. The van der Waals surface area contributed by atoms with Crippen LogP contribution in [0.25, 0.3) is 0 Å². The second kappa shape index (κ2) is 7.35. The smallest absolute Gasteiger partial charge is 0.307 e. The number of aromatic amines is 1.